The third-order valence-electron chi connectivity index (χ3n) is 5.52. The predicted octanol–water partition coefficient (Wildman–Crippen LogP) is 2.69. The molecule has 1 aliphatic rings. The smallest absolute Gasteiger partial charge is 0.263 e. The summed E-state index contributed by atoms with van der Waals surface area (Å²) in [5.74, 6) is -0.118. The summed E-state index contributed by atoms with van der Waals surface area (Å²) in [7, 11) is 0. The summed E-state index contributed by atoms with van der Waals surface area (Å²) in [4.78, 5) is 24.9. The second kappa shape index (κ2) is 9.99. The normalized spacial score (nSPS) is 15.4. The second-order valence-corrected chi connectivity index (χ2v) is 7.72. The molecule has 2 aromatic rings. The van der Waals surface area contributed by atoms with Crippen LogP contribution in [0.5, 0.6) is 5.75 Å². The highest BCUT2D eigenvalue weighted by molar-refractivity contribution is 5.75. The average Bonchev–Trinajstić information content (AvgIpc) is 2.76. The molecule has 10 heteroatoms. The Morgan fingerprint density at radius 2 is 1.91 bits per heavy atom. The Morgan fingerprint density at radius 1 is 1.22 bits per heavy atom. The van der Waals surface area contributed by atoms with Crippen LogP contribution in [-0.2, 0) is 4.79 Å². The first-order valence-corrected chi connectivity index (χ1v) is 10.5. The molecule has 1 fully saturated rings. The zero-order chi connectivity index (χ0) is 23.4. The molecule has 0 atom stereocenters. The van der Waals surface area contributed by atoms with Gasteiger partial charge in [-0.05, 0) is 37.6 Å². The van der Waals surface area contributed by atoms with E-state index in [9.17, 15) is 18.7 Å². The number of hydrogen-bond acceptors (Lipinski definition) is 6. The van der Waals surface area contributed by atoms with Crippen LogP contribution in [0.1, 0.15) is 36.6 Å². The van der Waals surface area contributed by atoms with Gasteiger partial charge in [0.15, 0.2) is 0 Å². The Labute approximate surface area is 185 Å². The van der Waals surface area contributed by atoms with Crippen LogP contribution < -0.4 is 5.62 Å². The summed E-state index contributed by atoms with van der Waals surface area (Å²) in [5, 5.41) is 14.4. The van der Waals surface area contributed by atoms with Crippen LogP contribution in [0.25, 0.3) is 11.3 Å². The fourth-order valence-corrected chi connectivity index (χ4v) is 3.79. The Bertz CT molecular complexity index is 1050. The zero-order valence-electron chi connectivity index (χ0n) is 18.6. The molecule has 0 bridgehead atoms. The number of benzene rings is 1. The zero-order valence-corrected chi connectivity index (χ0v) is 18.6. The van der Waals surface area contributed by atoms with Crippen molar-refractivity contribution in [2.24, 2.45) is 10.1 Å². The van der Waals surface area contributed by atoms with Crippen LogP contribution in [0.3, 0.4) is 0 Å². The molecule has 0 saturated carbocycles. The summed E-state index contributed by atoms with van der Waals surface area (Å²) in [5.41, 5.74) is 1.99. The lowest BCUT2D eigenvalue weighted by atomic mass is 10.0. The summed E-state index contributed by atoms with van der Waals surface area (Å²) < 4.78 is 27.6. The van der Waals surface area contributed by atoms with Gasteiger partial charge in [0, 0.05) is 56.1 Å². The molecule has 1 aliphatic heterocycles. The SMILES string of the molecule is C=Nn1c(C)cc(-c2c(C)cc(C(F)F)cc2O)n/c1=N/CN1CCN(C(=O)CC)CC1. The molecule has 1 aromatic heterocycles. The van der Waals surface area contributed by atoms with E-state index in [4.69, 9.17) is 0 Å². The van der Waals surface area contributed by atoms with Crippen LogP contribution in [-0.4, -0.2) is 70.0 Å². The van der Waals surface area contributed by atoms with Gasteiger partial charge in [-0.25, -0.2) is 23.4 Å². The molecule has 3 rings (SSSR count). The maximum Gasteiger partial charge on any atom is 0.263 e. The number of piperazine rings is 1. The number of carbonyl (C=O) groups is 1. The molecular weight excluding hydrogens is 418 g/mol. The van der Waals surface area contributed by atoms with Crippen molar-refractivity contribution >= 4 is 12.6 Å². The van der Waals surface area contributed by atoms with Crippen LogP contribution in [0.2, 0.25) is 0 Å². The van der Waals surface area contributed by atoms with E-state index in [1.807, 2.05) is 11.8 Å². The molecule has 0 aliphatic carbocycles. The number of aromatic hydroxyl groups is 1. The minimum Gasteiger partial charge on any atom is -0.507 e. The Morgan fingerprint density at radius 3 is 2.47 bits per heavy atom. The number of phenols is 1. The van der Waals surface area contributed by atoms with Crippen molar-refractivity contribution in [1.82, 2.24) is 19.5 Å². The van der Waals surface area contributed by atoms with E-state index in [0.717, 1.165) is 6.07 Å². The van der Waals surface area contributed by atoms with Crippen molar-refractivity contribution in [2.75, 3.05) is 32.8 Å². The van der Waals surface area contributed by atoms with E-state index in [-0.39, 0.29) is 17.2 Å². The van der Waals surface area contributed by atoms with Gasteiger partial charge in [0.2, 0.25) is 11.5 Å². The van der Waals surface area contributed by atoms with Crippen molar-refractivity contribution in [3.05, 3.63) is 40.6 Å². The third-order valence-corrected chi connectivity index (χ3v) is 5.52. The van der Waals surface area contributed by atoms with Crippen molar-refractivity contribution in [2.45, 2.75) is 33.6 Å². The van der Waals surface area contributed by atoms with E-state index in [2.05, 4.69) is 26.7 Å². The van der Waals surface area contributed by atoms with Gasteiger partial charge in [-0.3, -0.25) is 9.69 Å². The monoisotopic (exact) mass is 446 g/mol. The number of alkyl halides is 2. The highest BCUT2D eigenvalue weighted by atomic mass is 19.3. The Balaban J connectivity index is 1.92. The maximum absolute atomic E-state index is 13.1. The first kappa shape index (κ1) is 23.5. The number of amides is 1. The van der Waals surface area contributed by atoms with Crippen LogP contribution >= 0.6 is 0 Å². The molecule has 0 unspecified atom stereocenters. The van der Waals surface area contributed by atoms with Gasteiger partial charge in [-0.15, -0.1) is 0 Å². The minimum absolute atomic E-state index is 0.147. The van der Waals surface area contributed by atoms with Crippen molar-refractivity contribution in [1.29, 1.82) is 0 Å². The molecule has 1 saturated heterocycles. The lowest BCUT2D eigenvalue weighted by Gasteiger charge is -2.33. The van der Waals surface area contributed by atoms with Crippen molar-refractivity contribution in [3.63, 3.8) is 0 Å². The number of aromatic nitrogens is 2. The van der Waals surface area contributed by atoms with Crippen molar-refractivity contribution in [3.8, 4) is 17.0 Å². The fourth-order valence-electron chi connectivity index (χ4n) is 3.79. The van der Waals surface area contributed by atoms with E-state index >= 15 is 0 Å². The van der Waals surface area contributed by atoms with Crippen LogP contribution in [0.4, 0.5) is 8.78 Å². The Kier molecular flexibility index (Phi) is 7.34. The number of carbonyl (C=O) groups excluding carboxylic acids is 1. The predicted molar refractivity (Wildman–Crippen MR) is 118 cm³/mol. The van der Waals surface area contributed by atoms with Gasteiger partial charge >= 0.3 is 0 Å². The van der Waals surface area contributed by atoms with Crippen molar-refractivity contribution < 1.29 is 18.7 Å². The number of aryl methyl sites for hydroxylation is 2. The Hall–Kier alpha value is -3.14. The first-order valence-electron chi connectivity index (χ1n) is 10.5. The van der Waals surface area contributed by atoms with Gasteiger partial charge in [-0.1, -0.05) is 6.92 Å². The van der Waals surface area contributed by atoms with Gasteiger partial charge < -0.3 is 10.0 Å². The van der Waals surface area contributed by atoms with Crippen LogP contribution in [0.15, 0.2) is 28.3 Å². The number of hydrogen-bond donors (Lipinski definition) is 1. The van der Waals surface area contributed by atoms with E-state index in [0.29, 0.717) is 67.4 Å². The van der Waals surface area contributed by atoms with Gasteiger partial charge in [-0.2, -0.15) is 5.10 Å². The molecule has 172 valence electrons. The summed E-state index contributed by atoms with van der Waals surface area (Å²) in [6.07, 6.45) is -2.18. The quantitative estimate of drug-likeness (QED) is 0.692. The van der Waals surface area contributed by atoms with Gasteiger partial charge in [0.1, 0.15) is 5.75 Å². The lowest BCUT2D eigenvalue weighted by Crippen LogP contribution is -2.48. The summed E-state index contributed by atoms with van der Waals surface area (Å²) >= 11 is 0. The van der Waals surface area contributed by atoms with E-state index < -0.39 is 6.43 Å². The number of phenolic OH excluding ortho intramolecular Hbond substituents is 1. The molecule has 32 heavy (non-hydrogen) atoms. The molecule has 1 amide bonds. The highest BCUT2D eigenvalue weighted by Gasteiger charge is 2.20. The minimum atomic E-state index is -2.68. The molecule has 0 radical (unpaired) electrons. The van der Waals surface area contributed by atoms with E-state index in [1.54, 1.807) is 19.9 Å². The molecule has 0 spiro atoms. The maximum atomic E-state index is 13.1. The molecular formula is C22H28F2N6O2. The number of nitrogens with zero attached hydrogens (tertiary/aromatic N) is 6. The standard InChI is InChI=1S/C22H28F2N6O2/c1-5-19(32)29-8-6-28(7-9-29)13-26-22-27-17(11-15(3)30(22)25-4)20-14(2)10-16(21(23)24)12-18(20)31/h10-12,21,31H,4-9,13H2,1-3H3/b26-22-. The topological polar surface area (TPSA) is 86.3 Å². The number of rotatable bonds is 6. The second-order valence-electron chi connectivity index (χ2n) is 7.72. The average molecular weight is 447 g/mol. The molecule has 2 heterocycles. The summed E-state index contributed by atoms with van der Waals surface area (Å²) in [6, 6.07) is 4.11. The fraction of sp³-hybridized carbons (Fsp3) is 0.455. The van der Waals surface area contributed by atoms with Gasteiger partial charge in [0.25, 0.3) is 6.43 Å². The molecule has 1 aromatic carbocycles. The van der Waals surface area contributed by atoms with Crippen LogP contribution in [0, 0.1) is 13.8 Å². The summed E-state index contributed by atoms with van der Waals surface area (Å²) in [6.45, 7) is 11.9. The highest BCUT2D eigenvalue weighted by Crippen LogP contribution is 2.35. The number of halogens is 2. The first-order chi connectivity index (χ1) is 15.2. The van der Waals surface area contributed by atoms with Gasteiger partial charge in [0.05, 0.1) is 12.4 Å². The van der Waals surface area contributed by atoms with E-state index in [1.165, 1.54) is 10.7 Å². The molecule has 8 nitrogen and oxygen atoms in total. The largest absolute Gasteiger partial charge is 0.507 e. The third kappa shape index (κ3) is 5.01. The lowest BCUT2D eigenvalue weighted by molar-refractivity contribution is -0.132. The molecule has 1 N–H and O–H groups in total.